The molecule has 0 bridgehead atoms. The minimum atomic E-state index is 0.481. The van der Waals surface area contributed by atoms with E-state index in [4.69, 9.17) is 4.74 Å². The van der Waals surface area contributed by atoms with Crippen molar-refractivity contribution in [2.75, 3.05) is 20.3 Å². The molecule has 2 rings (SSSR count). The number of nitrogens with zero attached hydrogens (tertiary/aromatic N) is 4. The van der Waals surface area contributed by atoms with Crippen LogP contribution < -0.4 is 5.32 Å². The van der Waals surface area contributed by atoms with Gasteiger partial charge in [0.15, 0.2) is 5.82 Å². The van der Waals surface area contributed by atoms with Crippen LogP contribution in [0.15, 0.2) is 24.3 Å². The second kappa shape index (κ2) is 7.12. The minimum Gasteiger partial charge on any atom is -0.383 e. The number of benzene rings is 1. The van der Waals surface area contributed by atoms with Gasteiger partial charge in [-0.2, -0.15) is 4.68 Å². The van der Waals surface area contributed by atoms with Gasteiger partial charge in [0.25, 0.3) is 0 Å². The van der Waals surface area contributed by atoms with Gasteiger partial charge >= 0.3 is 0 Å². The van der Waals surface area contributed by atoms with Crippen LogP contribution in [0, 0.1) is 0 Å². The third-order valence-electron chi connectivity index (χ3n) is 3.08. The highest BCUT2D eigenvalue weighted by Gasteiger charge is 2.09. The average Bonchev–Trinajstić information content (AvgIpc) is 2.92. The maximum Gasteiger partial charge on any atom is 0.170 e. The van der Waals surface area contributed by atoms with Crippen molar-refractivity contribution < 1.29 is 4.74 Å². The molecule has 0 aliphatic heterocycles. The van der Waals surface area contributed by atoms with Gasteiger partial charge in [-0.3, -0.25) is 0 Å². The van der Waals surface area contributed by atoms with Gasteiger partial charge in [0.1, 0.15) is 0 Å². The first-order chi connectivity index (χ1) is 9.72. The number of nitrogens with one attached hydrogen (secondary N) is 1. The highest BCUT2D eigenvalue weighted by molar-refractivity contribution is 5.36. The van der Waals surface area contributed by atoms with Gasteiger partial charge in [-0.15, -0.1) is 5.10 Å². The maximum atomic E-state index is 5.00. The van der Waals surface area contributed by atoms with Crippen LogP contribution >= 0.6 is 0 Å². The topological polar surface area (TPSA) is 64.9 Å². The van der Waals surface area contributed by atoms with Crippen LogP contribution in [0.2, 0.25) is 0 Å². The fraction of sp³-hybridized carbons (Fsp3) is 0.500. The molecule has 6 nitrogen and oxygen atoms in total. The van der Waals surface area contributed by atoms with Crippen LogP contribution in [0.1, 0.15) is 31.2 Å². The normalized spacial score (nSPS) is 11.2. The van der Waals surface area contributed by atoms with E-state index in [1.807, 2.05) is 12.1 Å². The third kappa shape index (κ3) is 3.61. The zero-order chi connectivity index (χ0) is 14.4. The van der Waals surface area contributed by atoms with Gasteiger partial charge in [-0.05, 0) is 34.0 Å². The zero-order valence-electron chi connectivity index (χ0n) is 12.2. The maximum absolute atomic E-state index is 5.00. The van der Waals surface area contributed by atoms with Crippen molar-refractivity contribution in [1.82, 2.24) is 25.5 Å². The van der Waals surface area contributed by atoms with Crippen LogP contribution in [-0.2, 0) is 11.3 Å². The van der Waals surface area contributed by atoms with E-state index in [1.165, 1.54) is 5.56 Å². The fourth-order valence-corrected chi connectivity index (χ4v) is 1.91. The largest absolute Gasteiger partial charge is 0.383 e. The number of hydrogen-bond donors (Lipinski definition) is 1. The summed E-state index contributed by atoms with van der Waals surface area (Å²) in [4.78, 5) is 0. The summed E-state index contributed by atoms with van der Waals surface area (Å²) in [6, 6.07) is 8.30. The summed E-state index contributed by atoms with van der Waals surface area (Å²) in [7, 11) is 1.68. The highest BCUT2D eigenvalue weighted by Crippen LogP contribution is 2.18. The molecule has 0 saturated carbocycles. The lowest BCUT2D eigenvalue weighted by Gasteiger charge is -2.09. The van der Waals surface area contributed by atoms with Crippen molar-refractivity contribution in [2.24, 2.45) is 0 Å². The fourth-order valence-electron chi connectivity index (χ4n) is 1.91. The van der Waals surface area contributed by atoms with Crippen molar-refractivity contribution in [2.45, 2.75) is 26.3 Å². The van der Waals surface area contributed by atoms with Crippen LogP contribution in [-0.4, -0.2) is 40.5 Å². The molecule has 2 aromatic rings. The summed E-state index contributed by atoms with van der Waals surface area (Å²) in [5.74, 6) is 1.27. The van der Waals surface area contributed by atoms with E-state index in [-0.39, 0.29) is 0 Å². The molecule has 0 radical (unpaired) electrons. The Bertz CT molecular complexity index is 538. The molecular weight excluding hydrogens is 254 g/mol. The van der Waals surface area contributed by atoms with Crippen LogP contribution in [0.3, 0.4) is 0 Å². The van der Waals surface area contributed by atoms with Crippen LogP contribution in [0.4, 0.5) is 0 Å². The first kappa shape index (κ1) is 14.6. The number of ether oxygens (including phenoxy) is 1. The molecule has 1 aromatic carbocycles. The number of methoxy groups -OCH3 is 1. The molecule has 0 aliphatic rings. The molecule has 108 valence electrons. The summed E-state index contributed by atoms with van der Waals surface area (Å²) in [6.45, 7) is 6.40. The molecule has 0 aliphatic carbocycles. The molecule has 0 spiro atoms. The summed E-state index contributed by atoms with van der Waals surface area (Å²) in [6.07, 6.45) is 0. The zero-order valence-corrected chi connectivity index (χ0v) is 12.2. The van der Waals surface area contributed by atoms with E-state index < -0.39 is 0 Å². The second-order valence-electron chi connectivity index (χ2n) is 4.93. The first-order valence-electron chi connectivity index (χ1n) is 6.79. The molecular formula is C14H21N5O. The Morgan fingerprint density at radius 2 is 2.20 bits per heavy atom. The van der Waals surface area contributed by atoms with E-state index in [1.54, 1.807) is 11.8 Å². The van der Waals surface area contributed by atoms with Crippen LogP contribution in [0.5, 0.6) is 0 Å². The van der Waals surface area contributed by atoms with Gasteiger partial charge in [0.2, 0.25) is 0 Å². The Labute approximate surface area is 119 Å². The number of hydrogen-bond acceptors (Lipinski definition) is 5. The van der Waals surface area contributed by atoms with Crippen molar-refractivity contribution in [3.63, 3.8) is 0 Å². The van der Waals surface area contributed by atoms with E-state index in [2.05, 4.69) is 46.8 Å². The van der Waals surface area contributed by atoms with E-state index in [0.717, 1.165) is 18.1 Å². The van der Waals surface area contributed by atoms with Crippen molar-refractivity contribution >= 4 is 0 Å². The lowest BCUT2D eigenvalue weighted by atomic mass is 10.0. The molecule has 0 atom stereocenters. The number of rotatable bonds is 7. The predicted octanol–water partition coefficient (Wildman–Crippen LogP) is 1.52. The summed E-state index contributed by atoms with van der Waals surface area (Å²) >= 11 is 0. The third-order valence-corrected chi connectivity index (χ3v) is 3.08. The summed E-state index contributed by atoms with van der Waals surface area (Å²) in [5.41, 5.74) is 2.26. The number of aromatic nitrogens is 4. The standard InChI is InChI=1S/C14H21N5O/c1-11(2)12-5-4-6-13(9-12)19-14(16-17-18-19)10-15-7-8-20-3/h4-6,9,11,15H,7-8,10H2,1-3H3. The first-order valence-corrected chi connectivity index (χ1v) is 6.79. The Morgan fingerprint density at radius 3 is 2.95 bits per heavy atom. The Kier molecular flexibility index (Phi) is 5.20. The molecule has 1 N–H and O–H groups in total. The smallest absolute Gasteiger partial charge is 0.170 e. The van der Waals surface area contributed by atoms with Crippen molar-refractivity contribution in [3.8, 4) is 5.69 Å². The molecule has 1 heterocycles. The SMILES string of the molecule is COCCNCc1nnnn1-c1cccc(C(C)C)c1. The van der Waals surface area contributed by atoms with E-state index >= 15 is 0 Å². The van der Waals surface area contributed by atoms with Gasteiger partial charge in [-0.1, -0.05) is 26.0 Å². The molecule has 0 amide bonds. The lowest BCUT2D eigenvalue weighted by molar-refractivity contribution is 0.199. The Hall–Kier alpha value is -1.79. The molecule has 1 aromatic heterocycles. The van der Waals surface area contributed by atoms with Crippen molar-refractivity contribution in [3.05, 3.63) is 35.7 Å². The molecule has 0 unspecified atom stereocenters. The van der Waals surface area contributed by atoms with Crippen molar-refractivity contribution in [1.29, 1.82) is 0 Å². The predicted molar refractivity (Wildman–Crippen MR) is 76.8 cm³/mol. The van der Waals surface area contributed by atoms with Gasteiger partial charge < -0.3 is 10.1 Å². The van der Waals surface area contributed by atoms with Gasteiger partial charge in [0, 0.05) is 13.7 Å². The Morgan fingerprint density at radius 1 is 1.35 bits per heavy atom. The summed E-state index contributed by atoms with van der Waals surface area (Å²) in [5, 5.41) is 15.1. The molecule has 6 heteroatoms. The lowest BCUT2D eigenvalue weighted by Crippen LogP contribution is -2.21. The van der Waals surface area contributed by atoms with Gasteiger partial charge in [0.05, 0.1) is 18.8 Å². The highest BCUT2D eigenvalue weighted by atomic mass is 16.5. The summed E-state index contributed by atoms with van der Waals surface area (Å²) < 4.78 is 6.77. The number of tetrazole rings is 1. The quantitative estimate of drug-likeness (QED) is 0.776. The average molecular weight is 275 g/mol. The molecule has 20 heavy (non-hydrogen) atoms. The molecule has 0 saturated heterocycles. The monoisotopic (exact) mass is 275 g/mol. The second-order valence-corrected chi connectivity index (χ2v) is 4.93. The van der Waals surface area contributed by atoms with Gasteiger partial charge in [-0.25, -0.2) is 0 Å². The Balaban J connectivity index is 2.12. The van der Waals surface area contributed by atoms with E-state index in [0.29, 0.717) is 19.1 Å². The van der Waals surface area contributed by atoms with Crippen LogP contribution in [0.25, 0.3) is 5.69 Å². The minimum absolute atomic E-state index is 0.481. The molecule has 0 fully saturated rings. The van der Waals surface area contributed by atoms with E-state index in [9.17, 15) is 0 Å².